The Kier molecular flexibility index (Phi) is 4.94. The van der Waals surface area contributed by atoms with Gasteiger partial charge in [-0.25, -0.2) is 0 Å². The SMILES string of the molecule is CCCCC1CCCC(CC(F)(F)F)C1. The molecular weight excluding hydrogens is 201 g/mol. The molecule has 3 heteroatoms. The first-order valence-corrected chi connectivity index (χ1v) is 6.08. The highest BCUT2D eigenvalue weighted by Crippen LogP contribution is 2.38. The smallest absolute Gasteiger partial charge is 0.171 e. The zero-order chi connectivity index (χ0) is 11.3. The minimum Gasteiger partial charge on any atom is -0.171 e. The lowest BCUT2D eigenvalue weighted by atomic mass is 9.78. The molecule has 1 aliphatic carbocycles. The Morgan fingerprint density at radius 3 is 2.40 bits per heavy atom. The van der Waals surface area contributed by atoms with Crippen molar-refractivity contribution in [3.8, 4) is 0 Å². The molecule has 1 fully saturated rings. The van der Waals surface area contributed by atoms with Crippen molar-refractivity contribution in [2.75, 3.05) is 0 Å². The summed E-state index contributed by atoms with van der Waals surface area (Å²) in [5.41, 5.74) is 0. The summed E-state index contributed by atoms with van der Waals surface area (Å²) < 4.78 is 36.7. The van der Waals surface area contributed by atoms with Crippen LogP contribution in [-0.2, 0) is 0 Å². The summed E-state index contributed by atoms with van der Waals surface area (Å²) in [5, 5.41) is 0. The third-order valence-electron chi connectivity index (χ3n) is 3.38. The van der Waals surface area contributed by atoms with Crippen molar-refractivity contribution in [1.29, 1.82) is 0 Å². The fraction of sp³-hybridized carbons (Fsp3) is 1.00. The maximum absolute atomic E-state index is 12.2. The number of hydrogen-bond donors (Lipinski definition) is 0. The van der Waals surface area contributed by atoms with Crippen LogP contribution in [0.1, 0.15) is 58.3 Å². The minimum atomic E-state index is -3.96. The molecule has 0 heterocycles. The van der Waals surface area contributed by atoms with Crippen LogP contribution in [0.25, 0.3) is 0 Å². The van der Waals surface area contributed by atoms with Crippen LogP contribution >= 0.6 is 0 Å². The standard InChI is InChI=1S/C12H21F3/c1-2-3-5-10-6-4-7-11(8-10)9-12(13,14)15/h10-11H,2-9H2,1H3. The average molecular weight is 222 g/mol. The second-order valence-electron chi connectivity index (χ2n) is 4.86. The Bertz CT molecular complexity index is 174. The second-order valence-corrected chi connectivity index (χ2v) is 4.86. The van der Waals surface area contributed by atoms with Gasteiger partial charge in [0.15, 0.2) is 0 Å². The van der Waals surface area contributed by atoms with Crippen LogP contribution in [0, 0.1) is 11.8 Å². The van der Waals surface area contributed by atoms with Gasteiger partial charge < -0.3 is 0 Å². The highest BCUT2D eigenvalue weighted by molar-refractivity contribution is 4.75. The molecule has 1 saturated carbocycles. The topological polar surface area (TPSA) is 0 Å². The molecule has 0 saturated heterocycles. The molecule has 1 rings (SSSR count). The van der Waals surface area contributed by atoms with Crippen molar-refractivity contribution in [2.24, 2.45) is 11.8 Å². The van der Waals surface area contributed by atoms with Gasteiger partial charge >= 0.3 is 6.18 Å². The van der Waals surface area contributed by atoms with Crippen molar-refractivity contribution in [3.63, 3.8) is 0 Å². The summed E-state index contributed by atoms with van der Waals surface area (Å²) in [4.78, 5) is 0. The predicted molar refractivity (Wildman–Crippen MR) is 55.6 cm³/mol. The number of alkyl halides is 3. The number of halogens is 3. The summed E-state index contributed by atoms with van der Waals surface area (Å²) in [5.74, 6) is 0.464. The Hall–Kier alpha value is -0.210. The zero-order valence-corrected chi connectivity index (χ0v) is 9.45. The molecule has 0 N–H and O–H groups in total. The molecule has 90 valence electrons. The molecular formula is C12H21F3. The molecule has 0 radical (unpaired) electrons. The van der Waals surface area contributed by atoms with Crippen molar-refractivity contribution in [3.05, 3.63) is 0 Å². The average Bonchev–Trinajstić information content (AvgIpc) is 2.12. The van der Waals surface area contributed by atoms with Crippen LogP contribution in [0.15, 0.2) is 0 Å². The van der Waals surface area contributed by atoms with Crippen LogP contribution in [0.4, 0.5) is 13.2 Å². The molecule has 0 aromatic carbocycles. The van der Waals surface area contributed by atoms with Crippen LogP contribution in [-0.4, -0.2) is 6.18 Å². The van der Waals surface area contributed by atoms with Gasteiger partial charge in [-0.2, -0.15) is 13.2 Å². The van der Waals surface area contributed by atoms with E-state index in [4.69, 9.17) is 0 Å². The lowest BCUT2D eigenvalue weighted by Crippen LogP contribution is -2.21. The lowest BCUT2D eigenvalue weighted by molar-refractivity contribution is -0.147. The molecule has 0 nitrogen and oxygen atoms in total. The molecule has 0 amide bonds. The lowest BCUT2D eigenvalue weighted by Gasteiger charge is -2.29. The fourth-order valence-corrected chi connectivity index (χ4v) is 2.67. The number of hydrogen-bond acceptors (Lipinski definition) is 0. The Balaban J connectivity index is 2.29. The zero-order valence-electron chi connectivity index (χ0n) is 9.45. The highest BCUT2D eigenvalue weighted by Gasteiger charge is 2.34. The van der Waals surface area contributed by atoms with E-state index in [1.165, 1.54) is 6.42 Å². The maximum Gasteiger partial charge on any atom is 0.389 e. The Morgan fingerprint density at radius 1 is 1.13 bits per heavy atom. The summed E-state index contributed by atoms with van der Waals surface area (Å²) in [6.07, 6.45) is 2.66. The molecule has 0 aromatic heterocycles. The van der Waals surface area contributed by atoms with Gasteiger partial charge in [-0.3, -0.25) is 0 Å². The largest absolute Gasteiger partial charge is 0.389 e. The van der Waals surface area contributed by atoms with Gasteiger partial charge in [0.2, 0.25) is 0 Å². The van der Waals surface area contributed by atoms with Gasteiger partial charge in [0.05, 0.1) is 0 Å². The van der Waals surface area contributed by atoms with Crippen LogP contribution < -0.4 is 0 Å². The predicted octanol–water partition coefficient (Wildman–Crippen LogP) is 4.94. The van der Waals surface area contributed by atoms with Gasteiger partial charge in [-0.05, 0) is 18.3 Å². The van der Waals surface area contributed by atoms with E-state index >= 15 is 0 Å². The highest BCUT2D eigenvalue weighted by atomic mass is 19.4. The monoisotopic (exact) mass is 222 g/mol. The van der Waals surface area contributed by atoms with E-state index in [0.717, 1.165) is 38.5 Å². The third-order valence-corrected chi connectivity index (χ3v) is 3.38. The molecule has 2 atom stereocenters. The van der Waals surface area contributed by atoms with E-state index in [1.54, 1.807) is 0 Å². The quantitative estimate of drug-likeness (QED) is 0.632. The first kappa shape index (κ1) is 12.9. The van der Waals surface area contributed by atoms with Crippen molar-refractivity contribution < 1.29 is 13.2 Å². The maximum atomic E-state index is 12.2. The van der Waals surface area contributed by atoms with Crippen molar-refractivity contribution in [2.45, 2.75) is 64.5 Å². The van der Waals surface area contributed by atoms with E-state index in [-0.39, 0.29) is 5.92 Å². The third kappa shape index (κ3) is 5.43. The van der Waals surface area contributed by atoms with Crippen LogP contribution in [0.5, 0.6) is 0 Å². The number of unbranched alkanes of at least 4 members (excludes halogenated alkanes) is 1. The Labute approximate surface area is 90.2 Å². The van der Waals surface area contributed by atoms with E-state index in [9.17, 15) is 13.2 Å². The minimum absolute atomic E-state index is 0.0967. The van der Waals surface area contributed by atoms with Crippen molar-refractivity contribution >= 4 is 0 Å². The fourth-order valence-electron chi connectivity index (χ4n) is 2.67. The van der Waals surface area contributed by atoms with Gasteiger partial charge in [-0.1, -0.05) is 45.4 Å². The summed E-state index contributed by atoms with van der Waals surface area (Å²) in [6, 6.07) is 0. The number of rotatable bonds is 4. The Morgan fingerprint density at radius 2 is 1.80 bits per heavy atom. The van der Waals surface area contributed by atoms with Crippen LogP contribution in [0.2, 0.25) is 0 Å². The van der Waals surface area contributed by atoms with Gasteiger partial charge in [0, 0.05) is 6.42 Å². The molecule has 1 aliphatic rings. The van der Waals surface area contributed by atoms with Gasteiger partial charge in [0.1, 0.15) is 0 Å². The summed E-state index contributed by atoms with van der Waals surface area (Å²) in [7, 11) is 0. The first-order chi connectivity index (χ1) is 7.01. The normalized spacial score (nSPS) is 28.0. The molecule has 15 heavy (non-hydrogen) atoms. The van der Waals surface area contributed by atoms with E-state index < -0.39 is 12.6 Å². The van der Waals surface area contributed by atoms with Crippen LogP contribution in [0.3, 0.4) is 0 Å². The molecule has 0 aliphatic heterocycles. The molecule has 0 spiro atoms. The van der Waals surface area contributed by atoms with Crippen molar-refractivity contribution in [1.82, 2.24) is 0 Å². The first-order valence-electron chi connectivity index (χ1n) is 6.08. The summed E-state index contributed by atoms with van der Waals surface area (Å²) >= 11 is 0. The van der Waals surface area contributed by atoms with E-state index in [2.05, 4.69) is 6.92 Å². The van der Waals surface area contributed by atoms with E-state index in [1.807, 2.05) is 0 Å². The molecule has 0 aromatic rings. The van der Waals surface area contributed by atoms with E-state index in [0.29, 0.717) is 5.92 Å². The van der Waals surface area contributed by atoms with Gasteiger partial charge in [0.25, 0.3) is 0 Å². The van der Waals surface area contributed by atoms with Gasteiger partial charge in [-0.15, -0.1) is 0 Å². The molecule has 2 unspecified atom stereocenters. The second kappa shape index (κ2) is 5.76. The molecule has 0 bridgehead atoms. The summed E-state index contributed by atoms with van der Waals surface area (Å²) in [6.45, 7) is 2.13.